The number of furan rings is 1. The highest BCUT2D eigenvalue weighted by Crippen LogP contribution is 2.33. The minimum Gasteiger partial charge on any atom is -0.493 e. The molecule has 0 unspecified atom stereocenters. The Morgan fingerprint density at radius 3 is 2.84 bits per heavy atom. The molecule has 4 aromatic rings. The highest BCUT2D eigenvalue weighted by molar-refractivity contribution is 9.10. The number of ether oxygens (including phenoxy) is 2. The van der Waals surface area contributed by atoms with Crippen LogP contribution in [0.3, 0.4) is 0 Å². The number of hydrogen-bond donors (Lipinski definition) is 1. The number of hydrogen-bond acceptors (Lipinski definition) is 5. The third-order valence-electron chi connectivity index (χ3n) is 4.61. The van der Waals surface area contributed by atoms with Crippen LogP contribution in [0.1, 0.15) is 16.1 Å². The number of carbonyl (C=O) groups is 1. The van der Waals surface area contributed by atoms with Gasteiger partial charge < -0.3 is 13.9 Å². The fourth-order valence-electron chi connectivity index (χ4n) is 3.16. The molecule has 154 valence electrons. The lowest BCUT2D eigenvalue weighted by atomic mass is 10.1. The molecule has 0 atom stereocenters. The molecule has 1 N–H and O–H groups in total. The second-order valence-corrected chi connectivity index (χ2v) is 7.38. The van der Waals surface area contributed by atoms with Crippen LogP contribution in [0, 0.1) is 12.3 Å². The second-order valence-electron chi connectivity index (χ2n) is 6.53. The van der Waals surface area contributed by atoms with Crippen LogP contribution in [-0.4, -0.2) is 25.8 Å². The smallest absolute Gasteiger partial charge is 0.307 e. The Morgan fingerprint density at radius 1 is 1.19 bits per heavy atom. The van der Waals surface area contributed by atoms with Crippen molar-refractivity contribution >= 4 is 49.8 Å². The molecule has 1 aromatic heterocycles. The number of fused-ring (bicyclic) bond motifs is 3. The summed E-state index contributed by atoms with van der Waals surface area (Å²) < 4.78 is 17.2. The van der Waals surface area contributed by atoms with Crippen LogP contribution in [0.25, 0.3) is 21.7 Å². The molecule has 0 aliphatic heterocycles. The lowest BCUT2D eigenvalue weighted by Gasteiger charge is -2.10. The number of amides is 1. The van der Waals surface area contributed by atoms with Crippen molar-refractivity contribution in [3.63, 3.8) is 0 Å². The summed E-state index contributed by atoms with van der Waals surface area (Å²) in [6.45, 7) is 0.124. The van der Waals surface area contributed by atoms with Gasteiger partial charge in [-0.05, 0) is 51.0 Å². The van der Waals surface area contributed by atoms with Crippen LogP contribution in [-0.2, 0) is 0 Å². The van der Waals surface area contributed by atoms with E-state index in [1.165, 1.54) is 13.3 Å². The highest BCUT2D eigenvalue weighted by atomic mass is 79.9. The minimum atomic E-state index is -0.450. The fraction of sp³-hybridized carbons (Fsp3) is 0.0833. The molecule has 0 saturated heterocycles. The van der Waals surface area contributed by atoms with Crippen molar-refractivity contribution in [2.24, 2.45) is 5.10 Å². The molecule has 31 heavy (non-hydrogen) atoms. The van der Waals surface area contributed by atoms with Gasteiger partial charge in [-0.1, -0.05) is 36.3 Å². The highest BCUT2D eigenvalue weighted by Gasteiger charge is 2.14. The maximum absolute atomic E-state index is 12.5. The Labute approximate surface area is 187 Å². The molecule has 7 heteroatoms. The van der Waals surface area contributed by atoms with E-state index in [2.05, 4.69) is 32.4 Å². The van der Waals surface area contributed by atoms with E-state index in [-0.39, 0.29) is 12.4 Å². The monoisotopic (exact) mass is 476 g/mol. The van der Waals surface area contributed by atoms with E-state index in [1.54, 1.807) is 18.2 Å². The van der Waals surface area contributed by atoms with Gasteiger partial charge in [0.05, 0.1) is 13.3 Å². The molecule has 0 saturated carbocycles. The van der Waals surface area contributed by atoms with Gasteiger partial charge in [-0.3, -0.25) is 4.79 Å². The van der Waals surface area contributed by atoms with Gasteiger partial charge in [0.2, 0.25) is 0 Å². The number of nitrogens with zero attached hydrogens (tertiary/aromatic N) is 1. The zero-order chi connectivity index (χ0) is 21.8. The summed E-state index contributed by atoms with van der Waals surface area (Å²) in [4.78, 5) is 12.5. The van der Waals surface area contributed by atoms with Crippen molar-refractivity contribution in [3.05, 3.63) is 70.4 Å². The SMILES string of the molecule is C#CCOc1cc(Br)c(/C=N/NC(=O)c2cc3c(ccc4ccccc43)o2)cc1OC. The fourth-order valence-corrected chi connectivity index (χ4v) is 3.59. The topological polar surface area (TPSA) is 73.1 Å². The standard InChI is InChI=1S/C24H17BrN2O4/c1-3-10-30-22-13-19(25)16(11-21(22)29-2)14-26-27-24(28)23-12-18-17-7-5-4-6-15(17)8-9-20(18)31-23/h1,4-9,11-14H,10H2,2H3,(H,27,28)/b26-14+. The van der Waals surface area contributed by atoms with Crippen molar-refractivity contribution < 1.29 is 18.7 Å². The zero-order valence-electron chi connectivity index (χ0n) is 16.5. The number of carbonyl (C=O) groups excluding carboxylic acids is 1. The molecule has 1 heterocycles. The van der Waals surface area contributed by atoms with Gasteiger partial charge in [0, 0.05) is 15.4 Å². The molecule has 0 fully saturated rings. The molecule has 0 bridgehead atoms. The van der Waals surface area contributed by atoms with E-state index < -0.39 is 5.91 Å². The zero-order valence-corrected chi connectivity index (χ0v) is 18.1. The van der Waals surface area contributed by atoms with E-state index in [0.29, 0.717) is 27.1 Å². The Kier molecular flexibility index (Phi) is 5.92. The van der Waals surface area contributed by atoms with Gasteiger partial charge in [0.25, 0.3) is 0 Å². The van der Waals surface area contributed by atoms with Gasteiger partial charge in [0.1, 0.15) is 12.2 Å². The number of nitrogens with one attached hydrogen (secondary N) is 1. The Balaban J connectivity index is 1.53. The maximum Gasteiger partial charge on any atom is 0.307 e. The summed E-state index contributed by atoms with van der Waals surface area (Å²) in [6.07, 6.45) is 6.73. The first-order valence-corrected chi connectivity index (χ1v) is 10.1. The van der Waals surface area contributed by atoms with Gasteiger partial charge in [0.15, 0.2) is 17.3 Å². The molecule has 6 nitrogen and oxygen atoms in total. The van der Waals surface area contributed by atoms with Crippen molar-refractivity contribution in [3.8, 4) is 23.8 Å². The van der Waals surface area contributed by atoms with Gasteiger partial charge in [-0.2, -0.15) is 5.10 Å². The molecule has 0 aliphatic rings. The molecule has 0 aliphatic carbocycles. The lowest BCUT2D eigenvalue weighted by molar-refractivity contribution is 0.0929. The van der Waals surface area contributed by atoms with Crippen LogP contribution in [0.4, 0.5) is 0 Å². The van der Waals surface area contributed by atoms with Crippen molar-refractivity contribution in [2.45, 2.75) is 0 Å². The summed E-state index contributed by atoms with van der Waals surface area (Å²) in [5.41, 5.74) is 3.81. The normalized spacial score (nSPS) is 11.0. The van der Waals surface area contributed by atoms with Crippen LogP contribution >= 0.6 is 15.9 Å². The number of benzene rings is 3. The summed E-state index contributed by atoms with van der Waals surface area (Å²) in [5, 5.41) is 7.01. The Bertz CT molecular complexity index is 1350. The van der Waals surface area contributed by atoms with Crippen molar-refractivity contribution in [1.29, 1.82) is 0 Å². The number of terminal acetylenes is 1. The van der Waals surface area contributed by atoms with Crippen LogP contribution < -0.4 is 14.9 Å². The Morgan fingerprint density at radius 2 is 2.03 bits per heavy atom. The molecule has 0 spiro atoms. The Hall–Kier alpha value is -3.76. The average molecular weight is 477 g/mol. The molecule has 3 aromatic carbocycles. The summed E-state index contributed by atoms with van der Waals surface area (Å²) in [7, 11) is 1.53. The molecular formula is C24H17BrN2O4. The number of hydrazone groups is 1. The average Bonchev–Trinajstić information content (AvgIpc) is 3.24. The summed E-state index contributed by atoms with van der Waals surface area (Å²) in [5.74, 6) is 3.13. The minimum absolute atomic E-state index is 0.124. The first kappa shape index (κ1) is 20.5. The van der Waals surface area contributed by atoms with Crippen LogP contribution in [0.2, 0.25) is 0 Å². The van der Waals surface area contributed by atoms with E-state index in [4.69, 9.17) is 20.3 Å². The quantitative estimate of drug-likeness (QED) is 0.237. The van der Waals surface area contributed by atoms with E-state index in [1.807, 2.05) is 36.4 Å². The number of rotatable bonds is 6. The van der Waals surface area contributed by atoms with E-state index >= 15 is 0 Å². The summed E-state index contributed by atoms with van der Waals surface area (Å²) >= 11 is 3.45. The van der Waals surface area contributed by atoms with Crippen LogP contribution in [0.15, 0.2) is 68.6 Å². The second kappa shape index (κ2) is 8.94. The first-order chi connectivity index (χ1) is 15.1. The van der Waals surface area contributed by atoms with E-state index in [0.717, 1.165) is 16.2 Å². The molecular weight excluding hydrogens is 460 g/mol. The number of halogens is 1. The molecule has 0 radical (unpaired) electrons. The molecule has 1 amide bonds. The van der Waals surface area contributed by atoms with Gasteiger partial charge >= 0.3 is 5.91 Å². The first-order valence-electron chi connectivity index (χ1n) is 9.29. The predicted molar refractivity (Wildman–Crippen MR) is 124 cm³/mol. The third-order valence-corrected chi connectivity index (χ3v) is 5.30. The van der Waals surface area contributed by atoms with Crippen LogP contribution in [0.5, 0.6) is 11.5 Å². The largest absolute Gasteiger partial charge is 0.493 e. The van der Waals surface area contributed by atoms with Gasteiger partial charge in [-0.15, -0.1) is 6.42 Å². The van der Waals surface area contributed by atoms with Crippen molar-refractivity contribution in [1.82, 2.24) is 5.43 Å². The lowest BCUT2D eigenvalue weighted by Crippen LogP contribution is -2.16. The maximum atomic E-state index is 12.5. The third kappa shape index (κ3) is 4.25. The number of methoxy groups -OCH3 is 1. The van der Waals surface area contributed by atoms with Gasteiger partial charge in [-0.25, -0.2) is 5.43 Å². The summed E-state index contributed by atoms with van der Waals surface area (Å²) in [6, 6.07) is 16.9. The molecule has 4 rings (SSSR count). The van der Waals surface area contributed by atoms with E-state index in [9.17, 15) is 4.79 Å². The van der Waals surface area contributed by atoms with Crippen molar-refractivity contribution in [2.75, 3.05) is 13.7 Å². The predicted octanol–water partition coefficient (Wildman–Crippen LogP) is 5.13.